The maximum Gasteiger partial charge on any atom is 0.255 e. The summed E-state index contributed by atoms with van der Waals surface area (Å²) in [4.78, 5) is 23.8. The van der Waals surface area contributed by atoms with Crippen molar-refractivity contribution in [1.82, 2.24) is 10.6 Å². The van der Waals surface area contributed by atoms with Crippen LogP contribution in [0, 0.1) is 5.92 Å². The summed E-state index contributed by atoms with van der Waals surface area (Å²) < 4.78 is 5.15. The molecule has 0 saturated heterocycles. The standard InChI is InChI=1S/C16H22ClN3O3.ClH/c1-23-14-9-13(18)12(17)8-11(14)16(22)20-7-3-6-19-15(21)10-4-2-5-10;/h8-10H,2-7,18H2,1H3,(H,19,21)(H,20,22);1H. The normalized spacial score (nSPS) is 13.4. The van der Waals surface area contributed by atoms with Gasteiger partial charge in [0.1, 0.15) is 5.75 Å². The number of nitrogens with one attached hydrogen (secondary N) is 2. The van der Waals surface area contributed by atoms with Crippen LogP contribution in [0.1, 0.15) is 36.0 Å². The molecule has 2 amide bonds. The first kappa shape index (κ1) is 20.4. The Labute approximate surface area is 152 Å². The minimum atomic E-state index is -0.283. The van der Waals surface area contributed by atoms with Gasteiger partial charge in [-0.1, -0.05) is 18.0 Å². The van der Waals surface area contributed by atoms with E-state index in [-0.39, 0.29) is 30.1 Å². The SMILES string of the molecule is COc1cc(N)c(Cl)cc1C(=O)NCCCNC(=O)C1CCC1.Cl. The van der Waals surface area contributed by atoms with Crippen molar-refractivity contribution in [1.29, 1.82) is 0 Å². The molecule has 0 unspecified atom stereocenters. The molecule has 1 aliphatic rings. The zero-order valence-corrected chi connectivity index (χ0v) is 15.1. The number of nitrogens with two attached hydrogens (primary N) is 1. The number of halogens is 2. The van der Waals surface area contributed by atoms with Gasteiger partial charge in [0.2, 0.25) is 5.91 Å². The Hall–Kier alpha value is -1.66. The molecular formula is C16H23Cl2N3O3. The molecule has 1 aliphatic carbocycles. The molecule has 0 bridgehead atoms. The molecule has 1 aromatic rings. The van der Waals surface area contributed by atoms with Gasteiger partial charge in [0.25, 0.3) is 5.91 Å². The van der Waals surface area contributed by atoms with Crippen molar-refractivity contribution in [3.05, 3.63) is 22.7 Å². The zero-order valence-electron chi connectivity index (χ0n) is 13.6. The van der Waals surface area contributed by atoms with Crippen LogP contribution < -0.4 is 21.1 Å². The third-order valence-corrected chi connectivity index (χ3v) is 4.31. The Bertz CT molecular complexity index is 592. The van der Waals surface area contributed by atoms with Gasteiger partial charge in [-0.25, -0.2) is 0 Å². The lowest BCUT2D eigenvalue weighted by Gasteiger charge is -2.24. The van der Waals surface area contributed by atoms with Gasteiger partial charge in [0, 0.05) is 25.1 Å². The predicted molar refractivity (Wildman–Crippen MR) is 97.0 cm³/mol. The molecule has 8 heteroatoms. The molecular weight excluding hydrogens is 353 g/mol. The Balaban J connectivity index is 0.00000288. The highest BCUT2D eigenvalue weighted by Gasteiger charge is 2.24. The van der Waals surface area contributed by atoms with E-state index in [4.69, 9.17) is 22.1 Å². The third-order valence-electron chi connectivity index (χ3n) is 3.98. The fourth-order valence-corrected chi connectivity index (χ4v) is 2.49. The smallest absolute Gasteiger partial charge is 0.255 e. The highest BCUT2D eigenvalue weighted by atomic mass is 35.5. The van der Waals surface area contributed by atoms with Crippen LogP contribution in [0.2, 0.25) is 5.02 Å². The molecule has 0 aliphatic heterocycles. The van der Waals surface area contributed by atoms with Crippen LogP contribution in [-0.4, -0.2) is 32.0 Å². The maximum atomic E-state index is 12.2. The van der Waals surface area contributed by atoms with E-state index in [1.807, 2.05) is 0 Å². The number of amides is 2. The highest BCUT2D eigenvalue weighted by Crippen LogP contribution is 2.28. The van der Waals surface area contributed by atoms with Crippen LogP contribution in [0.25, 0.3) is 0 Å². The van der Waals surface area contributed by atoms with Gasteiger partial charge in [0.15, 0.2) is 0 Å². The number of hydrogen-bond acceptors (Lipinski definition) is 4. The molecule has 1 aromatic carbocycles. The molecule has 0 heterocycles. The first-order valence-corrected chi connectivity index (χ1v) is 8.09. The molecule has 2 rings (SSSR count). The zero-order chi connectivity index (χ0) is 16.8. The quantitative estimate of drug-likeness (QED) is 0.503. The van der Waals surface area contributed by atoms with Crippen LogP contribution >= 0.6 is 24.0 Å². The lowest BCUT2D eigenvalue weighted by Crippen LogP contribution is -2.36. The Morgan fingerprint density at radius 3 is 2.54 bits per heavy atom. The molecule has 1 fully saturated rings. The summed E-state index contributed by atoms with van der Waals surface area (Å²) in [6.45, 7) is 1.00. The number of carbonyl (C=O) groups excluding carboxylic acids is 2. The van der Waals surface area contributed by atoms with E-state index in [1.54, 1.807) is 0 Å². The molecule has 1 saturated carbocycles. The number of ether oxygens (including phenoxy) is 1. The first-order chi connectivity index (χ1) is 11.0. The summed E-state index contributed by atoms with van der Waals surface area (Å²) >= 11 is 5.95. The van der Waals surface area contributed by atoms with Gasteiger partial charge in [-0.2, -0.15) is 0 Å². The van der Waals surface area contributed by atoms with Gasteiger partial charge >= 0.3 is 0 Å². The van der Waals surface area contributed by atoms with Crippen molar-refractivity contribution >= 4 is 41.5 Å². The average Bonchev–Trinajstić information content (AvgIpc) is 2.47. The highest BCUT2D eigenvalue weighted by molar-refractivity contribution is 6.33. The number of nitrogen functional groups attached to an aromatic ring is 1. The van der Waals surface area contributed by atoms with Crippen LogP contribution in [0.4, 0.5) is 5.69 Å². The Morgan fingerprint density at radius 1 is 1.29 bits per heavy atom. The molecule has 134 valence electrons. The Morgan fingerprint density at radius 2 is 1.96 bits per heavy atom. The van der Waals surface area contributed by atoms with Crippen LogP contribution in [0.5, 0.6) is 5.75 Å². The van der Waals surface area contributed by atoms with Crippen molar-refractivity contribution in [2.75, 3.05) is 25.9 Å². The summed E-state index contributed by atoms with van der Waals surface area (Å²) in [6.07, 6.45) is 3.77. The molecule has 4 N–H and O–H groups in total. The summed E-state index contributed by atoms with van der Waals surface area (Å²) in [5.41, 5.74) is 6.39. The van der Waals surface area contributed by atoms with Gasteiger partial charge in [0.05, 0.1) is 23.4 Å². The first-order valence-electron chi connectivity index (χ1n) is 7.72. The summed E-state index contributed by atoms with van der Waals surface area (Å²) in [6, 6.07) is 3.01. The molecule has 0 aromatic heterocycles. The largest absolute Gasteiger partial charge is 0.496 e. The number of anilines is 1. The third kappa shape index (κ3) is 5.18. The van der Waals surface area contributed by atoms with E-state index in [0.29, 0.717) is 41.5 Å². The second-order valence-corrected chi connectivity index (χ2v) is 6.01. The maximum absolute atomic E-state index is 12.2. The van der Waals surface area contributed by atoms with Crippen molar-refractivity contribution in [2.24, 2.45) is 5.92 Å². The number of carbonyl (C=O) groups is 2. The van der Waals surface area contributed by atoms with Gasteiger partial charge in [-0.05, 0) is 25.3 Å². The minimum Gasteiger partial charge on any atom is -0.496 e. The van der Waals surface area contributed by atoms with Crippen molar-refractivity contribution in [2.45, 2.75) is 25.7 Å². The molecule has 6 nitrogen and oxygen atoms in total. The van der Waals surface area contributed by atoms with Crippen LogP contribution in [0.15, 0.2) is 12.1 Å². The Kier molecular flexibility index (Phi) is 8.15. The van der Waals surface area contributed by atoms with E-state index >= 15 is 0 Å². The molecule has 0 radical (unpaired) electrons. The topological polar surface area (TPSA) is 93.4 Å². The van der Waals surface area contributed by atoms with Gasteiger partial charge < -0.3 is 21.1 Å². The summed E-state index contributed by atoms with van der Waals surface area (Å²) in [5.74, 6) is 0.400. The van der Waals surface area contributed by atoms with Crippen molar-refractivity contribution in [3.63, 3.8) is 0 Å². The minimum absolute atomic E-state index is 0. The number of rotatable bonds is 7. The monoisotopic (exact) mass is 375 g/mol. The van der Waals surface area contributed by atoms with E-state index < -0.39 is 0 Å². The van der Waals surface area contributed by atoms with E-state index in [0.717, 1.165) is 19.3 Å². The van der Waals surface area contributed by atoms with Gasteiger partial charge in [-0.15, -0.1) is 12.4 Å². The van der Waals surface area contributed by atoms with Gasteiger partial charge in [-0.3, -0.25) is 9.59 Å². The van der Waals surface area contributed by atoms with Crippen molar-refractivity contribution in [3.8, 4) is 5.75 Å². The molecule has 0 spiro atoms. The van der Waals surface area contributed by atoms with E-state index in [2.05, 4.69) is 10.6 Å². The number of hydrogen-bond donors (Lipinski definition) is 3. The second-order valence-electron chi connectivity index (χ2n) is 5.60. The predicted octanol–water partition coefficient (Wildman–Crippen LogP) is 2.39. The lowest BCUT2D eigenvalue weighted by atomic mass is 9.85. The fraction of sp³-hybridized carbons (Fsp3) is 0.500. The lowest BCUT2D eigenvalue weighted by molar-refractivity contribution is -0.127. The number of benzene rings is 1. The summed E-state index contributed by atoms with van der Waals surface area (Å²) in [5, 5.41) is 5.98. The van der Waals surface area contributed by atoms with Crippen LogP contribution in [-0.2, 0) is 4.79 Å². The van der Waals surface area contributed by atoms with E-state index in [1.165, 1.54) is 19.2 Å². The van der Waals surface area contributed by atoms with Crippen molar-refractivity contribution < 1.29 is 14.3 Å². The van der Waals surface area contributed by atoms with E-state index in [9.17, 15) is 9.59 Å². The molecule has 24 heavy (non-hydrogen) atoms. The second kappa shape index (κ2) is 9.59. The van der Waals surface area contributed by atoms with Crippen LogP contribution in [0.3, 0.4) is 0 Å². The summed E-state index contributed by atoms with van der Waals surface area (Å²) in [7, 11) is 1.47. The number of methoxy groups -OCH3 is 1. The molecule has 0 atom stereocenters. The average molecular weight is 376 g/mol. The fourth-order valence-electron chi connectivity index (χ4n) is 2.33.